The van der Waals surface area contributed by atoms with E-state index >= 15 is 0 Å². The number of ether oxygens (including phenoxy) is 2. The van der Waals surface area contributed by atoms with Gasteiger partial charge in [0.25, 0.3) is 5.91 Å². The zero-order chi connectivity index (χ0) is 20.8. The molecule has 2 aromatic rings. The van der Waals surface area contributed by atoms with E-state index in [1.807, 2.05) is 26.0 Å². The van der Waals surface area contributed by atoms with Crippen LogP contribution in [-0.4, -0.2) is 35.6 Å². The molecule has 0 aliphatic carbocycles. The largest absolute Gasteiger partial charge is 0.462 e. The lowest BCUT2D eigenvalue weighted by atomic mass is 10.1. The van der Waals surface area contributed by atoms with Crippen LogP contribution in [0, 0.1) is 27.7 Å². The molecule has 28 heavy (non-hydrogen) atoms. The highest BCUT2D eigenvalue weighted by Crippen LogP contribution is 2.18. The van der Waals surface area contributed by atoms with Crippen LogP contribution in [0.2, 0.25) is 0 Å². The Balaban J connectivity index is 1.95. The summed E-state index contributed by atoms with van der Waals surface area (Å²) in [5, 5.41) is 2.74. The van der Waals surface area contributed by atoms with Gasteiger partial charge in [0.15, 0.2) is 6.61 Å². The van der Waals surface area contributed by atoms with Gasteiger partial charge in [0.1, 0.15) is 6.54 Å². The Kier molecular flexibility index (Phi) is 6.98. The van der Waals surface area contributed by atoms with Crippen LogP contribution in [0.5, 0.6) is 0 Å². The van der Waals surface area contributed by atoms with Crippen LogP contribution in [0.4, 0.5) is 5.69 Å². The second-order valence-electron chi connectivity index (χ2n) is 6.55. The first-order valence-electron chi connectivity index (χ1n) is 9.10. The summed E-state index contributed by atoms with van der Waals surface area (Å²) in [6.07, 6.45) is 0. The van der Waals surface area contributed by atoms with Gasteiger partial charge < -0.3 is 19.4 Å². The van der Waals surface area contributed by atoms with Crippen molar-refractivity contribution in [3.8, 4) is 0 Å². The number of anilines is 1. The Labute approximate surface area is 164 Å². The quantitative estimate of drug-likeness (QED) is 0.739. The molecule has 2 rings (SSSR count). The molecule has 7 nitrogen and oxygen atoms in total. The third-order valence-corrected chi connectivity index (χ3v) is 4.60. The summed E-state index contributed by atoms with van der Waals surface area (Å²) < 4.78 is 11.8. The number of rotatable bonds is 7. The molecule has 0 atom stereocenters. The average molecular weight is 386 g/mol. The molecule has 0 fully saturated rings. The van der Waals surface area contributed by atoms with E-state index in [4.69, 9.17) is 9.47 Å². The number of hydrogen-bond donors (Lipinski definition) is 1. The maximum Gasteiger partial charge on any atom is 0.339 e. The number of amides is 1. The van der Waals surface area contributed by atoms with Gasteiger partial charge in [-0.1, -0.05) is 12.1 Å². The van der Waals surface area contributed by atoms with E-state index in [9.17, 15) is 14.4 Å². The van der Waals surface area contributed by atoms with Crippen LogP contribution in [0.25, 0.3) is 0 Å². The normalized spacial score (nSPS) is 10.5. The first kappa shape index (κ1) is 21.2. The number of carbonyl (C=O) groups excluding carboxylic acids is 3. The number of hydrogen-bond acceptors (Lipinski definition) is 5. The number of nitrogens with zero attached hydrogens (tertiary/aromatic N) is 1. The third-order valence-electron chi connectivity index (χ3n) is 4.60. The Morgan fingerprint density at radius 3 is 2.46 bits per heavy atom. The smallest absolute Gasteiger partial charge is 0.339 e. The van der Waals surface area contributed by atoms with Crippen LogP contribution < -0.4 is 5.32 Å². The molecule has 1 aromatic carbocycles. The number of nitrogens with one attached hydrogen (secondary N) is 1. The van der Waals surface area contributed by atoms with Crippen molar-refractivity contribution >= 4 is 23.5 Å². The molecule has 7 heteroatoms. The van der Waals surface area contributed by atoms with Gasteiger partial charge in [0.2, 0.25) is 0 Å². The molecule has 0 aliphatic rings. The van der Waals surface area contributed by atoms with Gasteiger partial charge in [-0.15, -0.1) is 0 Å². The molecule has 0 bridgehead atoms. The van der Waals surface area contributed by atoms with Crippen molar-refractivity contribution in [1.82, 2.24) is 4.57 Å². The summed E-state index contributed by atoms with van der Waals surface area (Å²) in [5.74, 6) is -1.40. The minimum Gasteiger partial charge on any atom is -0.462 e. The second-order valence-corrected chi connectivity index (χ2v) is 6.55. The van der Waals surface area contributed by atoms with Gasteiger partial charge in [-0.2, -0.15) is 0 Å². The fourth-order valence-electron chi connectivity index (χ4n) is 2.85. The Bertz CT molecular complexity index is 898. The Hall–Kier alpha value is -3.09. The van der Waals surface area contributed by atoms with Crippen LogP contribution in [0.1, 0.15) is 39.8 Å². The number of aromatic nitrogens is 1. The summed E-state index contributed by atoms with van der Waals surface area (Å²) >= 11 is 0. The first-order valence-corrected chi connectivity index (χ1v) is 9.10. The molecule has 0 aliphatic heterocycles. The standard InChI is InChI=1S/C21H26N2O5/c1-6-27-21(26)17-10-14(3)23(16(17)5)11-20(25)28-12-19(24)22-18-9-7-8-13(2)15(18)4/h7-10H,6,11-12H2,1-5H3,(H,22,24). The lowest BCUT2D eigenvalue weighted by Crippen LogP contribution is -2.24. The fourth-order valence-corrected chi connectivity index (χ4v) is 2.85. The second kappa shape index (κ2) is 9.21. The summed E-state index contributed by atoms with van der Waals surface area (Å²) in [4.78, 5) is 36.2. The zero-order valence-corrected chi connectivity index (χ0v) is 16.9. The summed E-state index contributed by atoms with van der Waals surface area (Å²) in [6.45, 7) is 8.94. The van der Waals surface area contributed by atoms with Crippen LogP contribution in [0.15, 0.2) is 24.3 Å². The Morgan fingerprint density at radius 2 is 1.79 bits per heavy atom. The molecule has 1 N–H and O–H groups in total. The van der Waals surface area contributed by atoms with Crippen molar-refractivity contribution in [3.63, 3.8) is 0 Å². The SMILES string of the molecule is CCOC(=O)c1cc(C)n(CC(=O)OCC(=O)Nc2cccc(C)c2C)c1C. The molecular weight excluding hydrogens is 360 g/mol. The predicted molar refractivity (Wildman–Crippen MR) is 105 cm³/mol. The van der Waals surface area contributed by atoms with Crippen LogP contribution >= 0.6 is 0 Å². The topological polar surface area (TPSA) is 86.6 Å². The van der Waals surface area contributed by atoms with Crippen molar-refractivity contribution in [3.05, 3.63) is 52.3 Å². The highest BCUT2D eigenvalue weighted by Gasteiger charge is 2.19. The average Bonchev–Trinajstić information content (AvgIpc) is 2.92. The van der Waals surface area contributed by atoms with Gasteiger partial charge in [-0.05, 0) is 57.9 Å². The van der Waals surface area contributed by atoms with Gasteiger partial charge in [-0.3, -0.25) is 9.59 Å². The van der Waals surface area contributed by atoms with E-state index in [2.05, 4.69) is 5.32 Å². The van der Waals surface area contributed by atoms with E-state index in [-0.39, 0.29) is 19.8 Å². The molecule has 150 valence electrons. The minimum absolute atomic E-state index is 0.0895. The molecule has 1 amide bonds. The monoisotopic (exact) mass is 386 g/mol. The maximum atomic E-state index is 12.2. The number of aryl methyl sites for hydroxylation is 2. The fraction of sp³-hybridized carbons (Fsp3) is 0.381. The summed E-state index contributed by atoms with van der Waals surface area (Å²) in [5.41, 5.74) is 4.49. The van der Waals surface area contributed by atoms with E-state index in [1.54, 1.807) is 37.5 Å². The van der Waals surface area contributed by atoms with Crippen LogP contribution in [-0.2, 0) is 25.6 Å². The first-order chi connectivity index (χ1) is 13.2. The van der Waals surface area contributed by atoms with E-state index in [0.717, 1.165) is 16.8 Å². The lowest BCUT2D eigenvalue weighted by Gasteiger charge is -2.12. The molecule has 0 unspecified atom stereocenters. The molecule has 1 heterocycles. The summed E-state index contributed by atoms with van der Waals surface area (Å²) in [7, 11) is 0. The lowest BCUT2D eigenvalue weighted by molar-refractivity contribution is -0.147. The van der Waals surface area contributed by atoms with E-state index < -0.39 is 17.8 Å². The van der Waals surface area contributed by atoms with Gasteiger partial charge in [0, 0.05) is 17.1 Å². The zero-order valence-electron chi connectivity index (χ0n) is 16.9. The number of carbonyl (C=O) groups is 3. The predicted octanol–water partition coefficient (Wildman–Crippen LogP) is 3.08. The molecule has 0 spiro atoms. The van der Waals surface area contributed by atoms with Crippen molar-refractivity contribution in [2.45, 2.75) is 41.2 Å². The number of esters is 2. The molecular formula is C21H26N2O5. The maximum absolute atomic E-state index is 12.2. The third kappa shape index (κ3) is 5.00. The van der Waals surface area contributed by atoms with Gasteiger partial charge in [0.05, 0.1) is 12.2 Å². The molecule has 0 saturated carbocycles. The van der Waals surface area contributed by atoms with Crippen molar-refractivity contribution in [2.24, 2.45) is 0 Å². The molecule has 1 aromatic heterocycles. The molecule has 0 radical (unpaired) electrons. The molecule has 0 saturated heterocycles. The number of benzene rings is 1. The van der Waals surface area contributed by atoms with Gasteiger partial charge in [-0.25, -0.2) is 4.79 Å². The highest BCUT2D eigenvalue weighted by molar-refractivity contribution is 5.94. The van der Waals surface area contributed by atoms with Crippen LogP contribution in [0.3, 0.4) is 0 Å². The van der Waals surface area contributed by atoms with Crippen molar-refractivity contribution < 1.29 is 23.9 Å². The summed E-state index contributed by atoms with van der Waals surface area (Å²) in [6, 6.07) is 7.28. The van der Waals surface area contributed by atoms with Crippen molar-refractivity contribution in [2.75, 3.05) is 18.5 Å². The highest BCUT2D eigenvalue weighted by atomic mass is 16.5. The van der Waals surface area contributed by atoms with E-state index in [0.29, 0.717) is 16.9 Å². The van der Waals surface area contributed by atoms with Gasteiger partial charge >= 0.3 is 11.9 Å². The Morgan fingerprint density at radius 1 is 1.07 bits per heavy atom. The van der Waals surface area contributed by atoms with Crippen molar-refractivity contribution in [1.29, 1.82) is 0 Å². The van der Waals surface area contributed by atoms with E-state index in [1.165, 1.54) is 0 Å². The minimum atomic E-state index is -0.562.